The number of rotatable bonds is 2. The van der Waals surface area contributed by atoms with Gasteiger partial charge in [0.05, 0.1) is 15.7 Å². The Labute approximate surface area is 122 Å². The number of fused-ring (bicyclic) bond motifs is 1. The summed E-state index contributed by atoms with van der Waals surface area (Å²) in [6.45, 7) is 5.22. The summed E-state index contributed by atoms with van der Waals surface area (Å²) in [6.07, 6.45) is 1.01. The van der Waals surface area contributed by atoms with Gasteiger partial charge in [0.2, 0.25) is 0 Å². The molecule has 0 unspecified atom stereocenters. The molecule has 0 atom stereocenters. The van der Waals surface area contributed by atoms with Crippen molar-refractivity contribution in [3.05, 3.63) is 39.5 Å². The molecule has 0 aliphatic carbocycles. The molecule has 3 rings (SSSR count). The molecule has 0 saturated carbocycles. The van der Waals surface area contributed by atoms with E-state index in [0.29, 0.717) is 10.0 Å². The summed E-state index contributed by atoms with van der Waals surface area (Å²) in [5, 5.41) is 8.73. The van der Waals surface area contributed by atoms with Gasteiger partial charge in [0.1, 0.15) is 0 Å². The first-order valence-corrected chi connectivity index (χ1v) is 7.19. The van der Waals surface area contributed by atoms with Crippen LogP contribution in [0, 0.1) is 0 Å². The van der Waals surface area contributed by atoms with Gasteiger partial charge in [0, 0.05) is 36.3 Å². The van der Waals surface area contributed by atoms with E-state index in [0.717, 1.165) is 37.3 Å². The highest BCUT2D eigenvalue weighted by Crippen LogP contribution is 2.36. The normalized spacial score (nSPS) is 15.5. The second kappa shape index (κ2) is 5.16. The average molecular weight is 296 g/mol. The zero-order valence-corrected chi connectivity index (χ0v) is 12.2. The van der Waals surface area contributed by atoms with Gasteiger partial charge in [-0.2, -0.15) is 5.10 Å². The van der Waals surface area contributed by atoms with Crippen molar-refractivity contribution in [2.75, 3.05) is 13.1 Å². The van der Waals surface area contributed by atoms with Gasteiger partial charge in [-0.3, -0.25) is 10.00 Å². The van der Waals surface area contributed by atoms with Gasteiger partial charge in [-0.1, -0.05) is 42.3 Å². The van der Waals surface area contributed by atoms with Gasteiger partial charge >= 0.3 is 0 Å². The molecule has 0 amide bonds. The molecule has 0 saturated heterocycles. The second-order valence-electron chi connectivity index (χ2n) is 4.75. The number of halogens is 2. The van der Waals surface area contributed by atoms with Crippen LogP contribution in [0.3, 0.4) is 0 Å². The minimum Gasteiger partial charge on any atom is -0.299 e. The molecule has 1 N–H and O–H groups in total. The van der Waals surface area contributed by atoms with Crippen LogP contribution in [0.15, 0.2) is 18.2 Å². The maximum absolute atomic E-state index is 6.30. The lowest BCUT2D eigenvalue weighted by Crippen LogP contribution is -2.30. The van der Waals surface area contributed by atoms with Crippen LogP contribution in [0.1, 0.15) is 18.2 Å². The molecule has 0 fully saturated rings. The minimum atomic E-state index is 0.569. The molecule has 1 aliphatic rings. The lowest BCUT2D eigenvalue weighted by atomic mass is 10.0. The Hall–Kier alpha value is -1.03. The monoisotopic (exact) mass is 295 g/mol. The van der Waals surface area contributed by atoms with E-state index in [1.807, 2.05) is 12.1 Å². The first kappa shape index (κ1) is 13.0. The minimum absolute atomic E-state index is 0.569. The predicted molar refractivity (Wildman–Crippen MR) is 78.7 cm³/mol. The largest absolute Gasteiger partial charge is 0.299 e. The Morgan fingerprint density at radius 1 is 1.37 bits per heavy atom. The lowest BCUT2D eigenvalue weighted by Gasteiger charge is -2.25. The Morgan fingerprint density at radius 2 is 2.21 bits per heavy atom. The Balaban J connectivity index is 2.07. The number of aromatic nitrogens is 2. The van der Waals surface area contributed by atoms with E-state index in [4.69, 9.17) is 23.2 Å². The smallest absolute Gasteiger partial charge is 0.0984 e. The van der Waals surface area contributed by atoms with Crippen molar-refractivity contribution in [3.63, 3.8) is 0 Å². The molecule has 3 nitrogen and oxygen atoms in total. The zero-order chi connectivity index (χ0) is 13.4. The van der Waals surface area contributed by atoms with Crippen molar-refractivity contribution < 1.29 is 0 Å². The van der Waals surface area contributed by atoms with Crippen LogP contribution < -0.4 is 0 Å². The topological polar surface area (TPSA) is 31.9 Å². The van der Waals surface area contributed by atoms with Crippen molar-refractivity contribution in [1.82, 2.24) is 15.1 Å². The van der Waals surface area contributed by atoms with E-state index in [1.165, 1.54) is 11.3 Å². The number of nitrogens with one attached hydrogen (secondary N) is 1. The maximum Gasteiger partial charge on any atom is 0.0984 e. The van der Waals surface area contributed by atoms with E-state index >= 15 is 0 Å². The summed E-state index contributed by atoms with van der Waals surface area (Å²) >= 11 is 12.4. The summed E-state index contributed by atoms with van der Waals surface area (Å²) in [4.78, 5) is 2.40. The van der Waals surface area contributed by atoms with Gasteiger partial charge in [-0.15, -0.1) is 0 Å². The molecule has 1 aromatic heterocycles. The van der Waals surface area contributed by atoms with E-state index in [1.54, 1.807) is 6.07 Å². The highest BCUT2D eigenvalue weighted by atomic mass is 35.5. The molecule has 100 valence electrons. The SMILES string of the molecule is CCN1CCc2[nH]nc(-c3cccc(Cl)c3Cl)c2C1. The molecule has 2 heterocycles. The van der Waals surface area contributed by atoms with Crippen LogP contribution in [0.5, 0.6) is 0 Å². The molecule has 1 aromatic carbocycles. The van der Waals surface area contributed by atoms with Crippen molar-refractivity contribution in [3.8, 4) is 11.3 Å². The Morgan fingerprint density at radius 3 is 3.00 bits per heavy atom. The third kappa shape index (κ3) is 2.27. The Kier molecular flexibility index (Phi) is 3.52. The standard InChI is InChI=1S/C14H15Cl2N3/c1-2-19-7-6-12-10(8-19)14(18-17-12)9-4-3-5-11(15)13(9)16/h3-5H,2,6-8H2,1H3,(H,17,18). The third-order valence-electron chi connectivity index (χ3n) is 3.67. The van der Waals surface area contributed by atoms with Gasteiger partial charge in [-0.05, 0) is 12.6 Å². The quantitative estimate of drug-likeness (QED) is 0.915. The number of hydrogen-bond donors (Lipinski definition) is 1. The van der Waals surface area contributed by atoms with Gasteiger partial charge in [0.25, 0.3) is 0 Å². The molecule has 1 aliphatic heterocycles. The van der Waals surface area contributed by atoms with Crippen LogP contribution in [0.25, 0.3) is 11.3 Å². The first-order chi connectivity index (χ1) is 9.20. The fourth-order valence-electron chi connectivity index (χ4n) is 2.53. The molecular weight excluding hydrogens is 281 g/mol. The number of nitrogens with zero attached hydrogens (tertiary/aromatic N) is 2. The molecule has 5 heteroatoms. The summed E-state index contributed by atoms with van der Waals surface area (Å²) < 4.78 is 0. The molecule has 0 radical (unpaired) electrons. The van der Waals surface area contributed by atoms with E-state index in [9.17, 15) is 0 Å². The van der Waals surface area contributed by atoms with Gasteiger partial charge in [-0.25, -0.2) is 0 Å². The Bertz CT molecular complexity index is 607. The number of likely N-dealkylation sites (N-methyl/N-ethyl adjacent to an activating group) is 1. The highest BCUT2D eigenvalue weighted by Gasteiger charge is 2.23. The maximum atomic E-state index is 6.30. The summed E-state index contributed by atoms with van der Waals surface area (Å²) in [5.41, 5.74) is 4.30. The summed E-state index contributed by atoms with van der Waals surface area (Å²) in [6, 6.07) is 5.67. The number of benzene rings is 1. The molecule has 19 heavy (non-hydrogen) atoms. The van der Waals surface area contributed by atoms with E-state index < -0.39 is 0 Å². The van der Waals surface area contributed by atoms with E-state index in [-0.39, 0.29) is 0 Å². The van der Waals surface area contributed by atoms with Crippen molar-refractivity contribution >= 4 is 23.2 Å². The van der Waals surface area contributed by atoms with E-state index in [2.05, 4.69) is 22.0 Å². The predicted octanol–water partition coefficient (Wildman–Crippen LogP) is 3.76. The lowest BCUT2D eigenvalue weighted by molar-refractivity contribution is 0.267. The number of H-pyrrole nitrogens is 1. The zero-order valence-electron chi connectivity index (χ0n) is 10.7. The number of aromatic amines is 1. The number of hydrogen-bond acceptors (Lipinski definition) is 2. The van der Waals surface area contributed by atoms with Crippen LogP contribution in [0.4, 0.5) is 0 Å². The van der Waals surface area contributed by atoms with Crippen LogP contribution >= 0.6 is 23.2 Å². The molecule has 0 bridgehead atoms. The highest BCUT2D eigenvalue weighted by molar-refractivity contribution is 6.43. The van der Waals surface area contributed by atoms with Gasteiger partial charge in [0.15, 0.2) is 0 Å². The second-order valence-corrected chi connectivity index (χ2v) is 5.53. The fourth-order valence-corrected chi connectivity index (χ4v) is 2.92. The summed E-state index contributed by atoms with van der Waals surface area (Å²) in [5.74, 6) is 0. The first-order valence-electron chi connectivity index (χ1n) is 6.43. The van der Waals surface area contributed by atoms with Crippen LogP contribution in [-0.4, -0.2) is 28.2 Å². The molecule has 0 spiro atoms. The molecular formula is C14H15Cl2N3. The average Bonchev–Trinajstić information content (AvgIpc) is 2.84. The van der Waals surface area contributed by atoms with Crippen molar-refractivity contribution in [2.45, 2.75) is 19.9 Å². The molecule has 2 aromatic rings. The van der Waals surface area contributed by atoms with Crippen LogP contribution in [0.2, 0.25) is 10.0 Å². The van der Waals surface area contributed by atoms with Crippen molar-refractivity contribution in [2.24, 2.45) is 0 Å². The third-order valence-corrected chi connectivity index (χ3v) is 4.49. The van der Waals surface area contributed by atoms with Crippen LogP contribution in [-0.2, 0) is 13.0 Å². The summed E-state index contributed by atoms with van der Waals surface area (Å²) in [7, 11) is 0. The van der Waals surface area contributed by atoms with Gasteiger partial charge < -0.3 is 0 Å². The van der Waals surface area contributed by atoms with Crippen molar-refractivity contribution in [1.29, 1.82) is 0 Å². The fraction of sp³-hybridized carbons (Fsp3) is 0.357.